The molecule has 1 aliphatic heterocycles. The van der Waals surface area contributed by atoms with Crippen LogP contribution in [0.1, 0.15) is 38.4 Å². The first-order chi connectivity index (χ1) is 10.8. The van der Waals surface area contributed by atoms with Crippen LogP contribution < -0.4 is 10.6 Å². The molecule has 5 heteroatoms. The molecular formula is C17H27N3O2. The van der Waals surface area contributed by atoms with Crippen LogP contribution in [-0.4, -0.2) is 37.8 Å². The quantitative estimate of drug-likeness (QED) is 0.625. The standard InChI is InChI=1S/C17H27N3O2/c1-13-11-16(13)20-17(18-8-7-14-6-4-10-21-14)19-12-15-5-2-3-9-22-15/h4,6,10,13,15-16H,2-3,5,7-9,11-12H2,1H3,(H2,18,19,20). The molecule has 3 atom stereocenters. The van der Waals surface area contributed by atoms with Gasteiger partial charge in [-0.25, -0.2) is 0 Å². The first-order valence-electron chi connectivity index (χ1n) is 8.50. The van der Waals surface area contributed by atoms with E-state index in [0.717, 1.165) is 50.2 Å². The normalized spacial score (nSPS) is 28.4. The maximum Gasteiger partial charge on any atom is 0.191 e. The van der Waals surface area contributed by atoms with Gasteiger partial charge >= 0.3 is 0 Å². The van der Waals surface area contributed by atoms with Crippen molar-refractivity contribution in [1.29, 1.82) is 0 Å². The lowest BCUT2D eigenvalue weighted by molar-refractivity contribution is 0.0224. The van der Waals surface area contributed by atoms with Crippen molar-refractivity contribution in [2.75, 3.05) is 19.7 Å². The fourth-order valence-corrected chi connectivity index (χ4v) is 2.75. The smallest absolute Gasteiger partial charge is 0.191 e. The highest BCUT2D eigenvalue weighted by Crippen LogP contribution is 2.28. The molecule has 122 valence electrons. The van der Waals surface area contributed by atoms with Crippen LogP contribution in [0.4, 0.5) is 0 Å². The minimum atomic E-state index is 0.286. The molecule has 2 aliphatic rings. The largest absolute Gasteiger partial charge is 0.469 e. The lowest BCUT2D eigenvalue weighted by Gasteiger charge is -2.21. The second-order valence-corrected chi connectivity index (χ2v) is 6.40. The lowest BCUT2D eigenvalue weighted by Crippen LogP contribution is -2.41. The maximum atomic E-state index is 5.76. The number of nitrogens with one attached hydrogen (secondary N) is 2. The van der Waals surface area contributed by atoms with Gasteiger partial charge < -0.3 is 19.8 Å². The Morgan fingerprint density at radius 2 is 2.32 bits per heavy atom. The summed E-state index contributed by atoms with van der Waals surface area (Å²) >= 11 is 0. The van der Waals surface area contributed by atoms with Gasteiger partial charge in [-0.05, 0) is 43.7 Å². The van der Waals surface area contributed by atoms with Gasteiger partial charge in [-0.3, -0.25) is 4.99 Å². The molecule has 0 amide bonds. The number of nitrogens with zero attached hydrogens (tertiary/aromatic N) is 1. The van der Waals surface area contributed by atoms with Gasteiger partial charge in [0.1, 0.15) is 5.76 Å². The summed E-state index contributed by atoms with van der Waals surface area (Å²) in [5.41, 5.74) is 0. The average molecular weight is 305 g/mol. The summed E-state index contributed by atoms with van der Waals surface area (Å²) in [4.78, 5) is 4.72. The summed E-state index contributed by atoms with van der Waals surface area (Å²) in [7, 11) is 0. The summed E-state index contributed by atoms with van der Waals surface area (Å²) in [5.74, 6) is 2.67. The first kappa shape index (κ1) is 15.4. The molecule has 0 spiro atoms. The molecule has 1 aliphatic carbocycles. The van der Waals surface area contributed by atoms with E-state index in [0.29, 0.717) is 6.04 Å². The highest BCUT2D eigenvalue weighted by molar-refractivity contribution is 5.80. The molecular weight excluding hydrogens is 278 g/mol. The van der Waals surface area contributed by atoms with Gasteiger partial charge in [0.25, 0.3) is 0 Å². The fraction of sp³-hybridized carbons (Fsp3) is 0.706. The Morgan fingerprint density at radius 1 is 1.41 bits per heavy atom. The zero-order valence-electron chi connectivity index (χ0n) is 13.4. The Labute approximate surface area is 132 Å². The Balaban J connectivity index is 1.47. The summed E-state index contributed by atoms with van der Waals surface area (Å²) in [6.45, 7) is 4.72. The van der Waals surface area contributed by atoms with Gasteiger partial charge in [0.05, 0.1) is 18.9 Å². The molecule has 0 radical (unpaired) electrons. The number of aliphatic imine (C=N–C) groups is 1. The zero-order chi connectivity index (χ0) is 15.2. The van der Waals surface area contributed by atoms with Gasteiger partial charge in [-0.2, -0.15) is 0 Å². The molecule has 3 unspecified atom stereocenters. The molecule has 0 aromatic carbocycles. The Morgan fingerprint density at radius 3 is 3.00 bits per heavy atom. The van der Waals surface area contributed by atoms with Gasteiger partial charge in [0, 0.05) is 25.6 Å². The number of hydrogen-bond acceptors (Lipinski definition) is 3. The molecule has 1 aromatic rings. The maximum absolute atomic E-state index is 5.76. The van der Waals surface area contributed by atoms with Crippen LogP contribution in [0.3, 0.4) is 0 Å². The third-order valence-corrected chi connectivity index (χ3v) is 4.40. The van der Waals surface area contributed by atoms with E-state index >= 15 is 0 Å². The minimum Gasteiger partial charge on any atom is -0.469 e. The lowest BCUT2D eigenvalue weighted by atomic mass is 10.1. The van der Waals surface area contributed by atoms with Crippen molar-refractivity contribution in [3.8, 4) is 0 Å². The number of guanidine groups is 1. The van der Waals surface area contributed by atoms with Crippen molar-refractivity contribution >= 4 is 5.96 Å². The second-order valence-electron chi connectivity index (χ2n) is 6.40. The van der Waals surface area contributed by atoms with E-state index in [4.69, 9.17) is 14.1 Å². The predicted molar refractivity (Wildman–Crippen MR) is 87.0 cm³/mol. The van der Waals surface area contributed by atoms with Gasteiger partial charge in [0.15, 0.2) is 5.96 Å². The summed E-state index contributed by atoms with van der Waals surface area (Å²) in [6, 6.07) is 4.50. The van der Waals surface area contributed by atoms with Crippen LogP contribution >= 0.6 is 0 Å². The van der Waals surface area contributed by atoms with E-state index in [-0.39, 0.29) is 6.10 Å². The van der Waals surface area contributed by atoms with Crippen molar-refractivity contribution in [2.45, 2.75) is 51.2 Å². The molecule has 2 fully saturated rings. The van der Waals surface area contributed by atoms with Crippen molar-refractivity contribution < 1.29 is 9.15 Å². The molecule has 1 saturated heterocycles. The van der Waals surface area contributed by atoms with Crippen molar-refractivity contribution in [2.24, 2.45) is 10.9 Å². The summed E-state index contributed by atoms with van der Waals surface area (Å²) in [5, 5.41) is 6.93. The number of rotatable bonds is 6. The predicted octanol–water partition coefficient (Wildman–Crippen LogP) is 2.33. The van der Waals surface area contributed by atoms with E-state index in [9.17, 15) is 0 Å². The third-order valence-electron chi connectivity index (χ3n) is 4.40. The van der Waals surface area contributed by atoms with Crippen LogP contribution in [0.25, 0.3) is 0 Å². The van der Waals surface area contributed by atoms with Crippen LogP contribution in [0.2, 0.25) is 0 Å². The topological polar surface area (TPSA) is 58.8 Å². The highest BCUT2D eigenvalue weighted by atomic mass is 16.5. The van der Waals surface area contributed by atoms with Crippen LogP contribution in [0.15, 0.2) is 27.8 Å². The SMILES string of the molecule is CC1CC1NC(=NCC1CCCCO1)NCCc1ccco1. The highest BCUT2D eigenvalue weighted by Gasteiger charge is 2.33. The number of hydrogen-bond donors (Lipinski definition) is 2. The number of furan rings is 1. The van der Waals surface area contributed by atoms with Crippen molar-refractivity contribution in [1.82, 2.24) is 10.6 Å². The number of ether oxygens (including phenoxy) is 1. The van der Waals surface area contributed by atoms with Gasteiger partial charge in [-0.15, -0.1) is 0 Å². The summed E-state index contributed by atoms with van der Waals surface area (Å²) < 4.78 is 11.1. The molecule has 22 heavy (non-hydrogen) atoms. The van der Waals surface area contributed by atoms with Crippen LogP contribution in [0, 0.1) is 5.92 Å². The van der Waals surface area contributed by atoms with E-state index in [1.54, 1.807) is 6.26 Å². The van der Waals surface area contributed by atoms with E-state index in [1.165, 1.54) is 19.3 Å². The average Bonchev–Trinajstić information content (AvgIpc) is 3.01. The van der Waals surface area contributed by atoms with Crippen LogP contribution in [0.5, 0.6) is 0 Å². The fourth-order valence-electron chi connectivity index (χ4n) is 2.75. The minimum absolute atomic E-state index is 0.286. The van der Waals surface area contributed by atoms with Crippen molar-refractivity contribution in [3.05, 3.63) is 24.2 Å². The second kappa shape index (κ2) is 7.68. The van der Waals surface area contributed by atoms with E-state index in [2.05, 4.69) is 17.6 Å². The molecule has 5 nitrogen and oxygen atoms in total. The van der Waals surface area contributed by atoms with Crippen LogP contribution in [-0.2, 0) is 11.2 Å². The van der Waals surface area contributed by atoms with Gasteiger partial charge in [0.2, 0.25) is 0 Å². The molecule has 3 rings (SSSR count). The van der Waals surface area contributed by atoms with Crippen molar-refractivity contribution in [3.63, 3.8) is 0 Å². The van der Waals surface area contributed by atoms with Gasteiger partial charge in [-0.1, -0.05) is 6.92 Å². The first-order valence-corrected chi connectivity index (χ1v) is 8.50. The Kier molecular flexibility index (Phi) is 5.38. The molecule has 2 heterocycles. The zero-order valence-corrected chi connectivity index (χ0v) is 13.4. The van der Waals surface area contributed by atoms with E-state index < -0.39 is 0 Å². The summed E-state index contributed by atoms with van der Waals surface area (Å²) in [6.07, 6.45) is 7.68. The molecule has 1 aromatic heterocycles. The molecule has 1 saturated carbocycles. The van der Waals surface area contributed by atoms with E-state index in [1.807, 2.05) is 12.1 Å². The molecule has 0 bridgehead atoms. The monoisotopic (exact) mass is 305 g/mol. The third kappa shape index (κ3) is 4.77. The molecule has 2 N–H and O–H groups in total. The Bertz CT molecular complexity index is 466. The Hall–Kier alpha value is -1.49.